The van der Waals surface area contributed by atoms with Crippen LogP contribution >= 0.6 is 0 Å². The fourth-order valence-electron chi connectivity index (χ4n) is 5.55. The second-order valence-electron chi connectivity index (χ2n) is 10.1. The normalized spacial score (nSPS) is 21.5. The summed E-state index contributed by atoms with van der Waals surface area (Å²) in [5.41, 5.74) is 2.86. The standard InChI is InChI=1S/C27H36N4O3S/c1-2-3-16-28-27-29-17-24-25(18-31(26(24)30-27)20-10-12-21(32)13-11-20)19-8-14-23(15-9-19)35(33,34)22-6-4-5-7-22/h8-9,14-15,17-18,20-22,32H,2-7,10-13,16H2,1H3,(H,28,29,30). The number of sulfone groups is 1. The zero-order valence-electron chi connectivity index (χ0n) is 20.5. The van der Waals surface area contributed by atoms with Crippen LogP contribution in [0.3, 0.4) is 0 Å². The lowest BCUT2D eigenvalue weighted by molar-refractivity contribution is 0.111. The van der Waals surface area contributed by atoms with E-state index in [1.807, 2.05) is 18.3 Å². The highest BCUT2D eigenvalue weighted by molar-refractivity contribution is 7.92. The van der Waals surface area contributed by atoms with Gasteiger partial charge in [-0.25, -0.2) is 13.4 Å². The van der Waals surface area contributed by atoms with Gasteiger partial charge in [0.25, 0.3) is 0 Å². The summed E-state index contributed by atoms with van der Waals surface area (Å²) in [6.07, 6.45) is 12.9. The smallest absolute Gasteiger partial charge is 0.224 e. The first-order valence-electron chi connectivity index (χ1n) is 13.1. The fraction of sp³-hybridized carbons (Fsp3) is 0.556. The van der Waals surface area contributed by atoms with Gasteiger partial charge in [-0.1, -0.05) is 38.3 Å². The monoisotopic (exact) mass is 496 g/mol. The van der Waals surface area contributed by atoms with E-state index < -0.39 is 9.84 Å². The molecule has 0 bridgehead atoms. The molecule has 2 aliphatic rings. The molecule has 1 aromatic carbocycles. The van der Waals surface area contributed by atoms with E-state index in [0.717, 1.165) is 92.9 Å². The number of rotatable bonds is 8. The Labute approximate surface area is 207 Å². The van der Waals surface area contributed by atoms with E-state index in [9.17, 15) is 13.5 Å². The van der Waals surface area contributed by atoms with Crippen molar-refractivity contribution in [3.05, 3.63) is 36.7 Å². The Balaban J connectivity index is 1.50. The van der Waals surface area contributed by atoms with Crippen LogP contribution in [0, 0.1) is 0 Å². The molecule has 0 atom stereocenters. The van der Waals surface area contributed by atoms with Crippen LogP contribution in [0.1, 0.15) is 77.2 Å². The highest BCUT2D eigenvalue weighted by atomic mass is 32.2. The van der Waals surface area contributed by atoms with Gasteiger partial charge in [0.05, 0.1) is 16.2 Å². The van der Waals surface area contributed by atoms with Gasteiger partial charge in [0.2, 0.25) is 5.95 Å². The maximum Gasteiger partial charge on any atom is 0.224 e. The molecule has 5 rings (SSSR count). The molecule has 0 amide bonds. The first-order valence-corrected chi connectivity index (χ1v) is 14.7. The number of aliphatic hydroxyl groups excluding tert-OH is 1. The molecule has 3 aromatic rings. The van der Waals surface area contributed by atoms with Gasteiger partial charge in [-0.15, -0.1) is 0 Å². The highest BCUT2D eigenvalue weighted by Gasteiger charge is 2.30. The molecule has 35 heavy (non-hydrogen) atoms. The number of aliphatic hydroxyl groups is 1. The Morgan fingerprint density at radius 1 is 1.06 bits per heavy atom. The predicted octanol–water partition coefficient (Wildman–Crippen LogP) is 5.50. The van der Waals surface area contributed by atoms with Crippen molar-refractivity contribution in [1.82, 2.24) is 14.5 Å². The Morgan fingerprint density at radius 2 is 1.77 bits per heavy atom. The molecule has 2 aliphatic carbocycles. The summed E-state index contributed by atoms with van der Waals surface area (Å²) in [5.74, 6) is 0.630. The van der Waals surface area contributed by atoms with Crippen LogP contribution in [0.15, 0.2) is 41.6 Å². The molecular weight excluding hydrogens is 460 g/mol. The molecule has 7 nitrogen and oxygen atoms in total. The number of nitrogens with one attached hydrogen (secondary N) is 1. The lowest BCUT2D eigenvalue weighted by atomic mass is 9.93. The van der Waals surface area contributed by atoms with Crippen molar-refractivity contribution in [2.75, 3.05) is 11.9 Å². The maximum atomic E-state index is 13.0. The highest BCUT2D eigenvalue weighted by Crippen LogP contribution is 2.37. The number of nitrogens with zero attached hydrogens (tertiary/aromatic N) is 3. The molecule has 2 heterocycles. The van der Waals surface area contributed by atoms with Crippen LogP contribution in [0.25, 0.3) is 22.2 Å². The molecule has 2 aromatic heterocycles. The predicted molar refractivity (Wildman–Crippen MR) is 139 cm³/mol. The summed E-state index contributed by atoms with van der Waals surface area (Å²) < 4.78 is 28.3. The maximum absolute atomic E-state index is 13.0. The lowest BCUT2D eigenvalue weighted by Gasteiger charge is -2.27. The van der Waals surface area contributed by atoms with Crippen LogP contribution in [-0.2, 0) is 9.84 Å². The zero-order valence-corrected chi connectivity index (χ0v) is 21.3. The molecule has 2 saturated carbocycles. The average Bonchev–Trinajstić information content (AvgIpc) is 3.54. The van der Waals surface area contributed by atoms with Gasteiger partial charge < -0.3 is 15.0 Å². The molecular formula is C27H36N4O3S. The fourth-order valence-corrected chi connectivity index (χ4v) is 7.41. The number of aromatic nitrogens is 3. The lowest BCUT2D eigenvalue weighted by Crippen LogP contribution is -2.21. The summed E-state index contributed by atoms with van der Waals surface area (Å²) in [6, 6.07) is 7.61. The summed E-state index contributed by atoms with van der Waals surface area (Å²) in [7, 11) is -3.28. The van der Waals surface area contributed by atoms with Gasteiger partial charge in [0, 0.05) is 35.9 Å². The topological polar surface area (TPSA) is 97.1 Å². The van der Waals surface area contributed by atoms with E-state index in [4.69, 9.17) is 4.98 Å². The van der Waals surface area contributed by atoms with Crippen molar-refractivity contribution in [3.63, 3.8) is 0 Å². The second-order valence-corrected chi connectivity index (χ2v) is 12.3. The van der Waals surface area contributed by atoms with Crippen LogP contribution in [0.4, 0.5) is 5.95 Å². The summed E-state index contributed by atoms with van der Waals surface area (Å²) in [5, 5.41) is 14.1. The number of fused-ring (bicyclic) bond motifs is 1. The van der Waals surface area contributed by atoms with Crippen molar-refractivity contribution in [2.24, 2.45) is 0 Å². The molecule has 0 saturated heterocycles. The van der Waals surface area contributed by atoms with E-state index >= 15 is 0 Å². The minimum Gasteiger partial charge on any atom is -0.393 e. The van der Waals surface area contributed by atoms with Crippen molar-refractivity contribution < 1.29 is 13.5 Å². The third-order valence-electron chi connectivity index (χ3n) is 7.68. The molecule has 2 fully saturated rings. The third-order valence-corrected chi connectivity index (χ3v) is 9.96. The summed E-state index contributed by atoms with van der Waals surface area (Å²) >= 11 is 0. The quantitative estimate of drug-likeness (QED) is 0.400. The largest absolute Gasteiger partial charge is 0.393 e. The van der Waals surface area contributed by atoms with Crippen LogP contribution in [-0.4, -0.2) is 46.0 Å². The number of unbranched alkanes of at least 4 members (excludes halogenated alkanes) is 1. The molecule has 0 aliphatic heterocycles. The number of anilines is 1. The Kier molecular flexibility index (Phi) is 7.12. The van der Waals surface area contributed by atoms with Crippen molar-refractivity contribution >= 4 is 26.8 Å². The Morgan fingerprint density at radius 3 is 2.46 bits per heavy atom. The van der Waals surface area contributed by atoms with Gasteiger partial charge in [-0.2, -0.15) is 4.98 Å². The zero-order chi connectivity index (χ0) is 24.4. The third kappa shape index (κ3) is 4.96. The minimum atomic E-state index is -3.28. The van der Waals surface area contributed by atoms with Gasteiger partial charge in [-0.05, 0) is 62.6 Å². The van der Waals surface area contributed by atoms with Crippen LogP contribution in [0.2, 0.25) is 0 Å². The van der Waals surface area contributed by atoms with Crippen molar-refractivity contribution in [2.45, 2.75) is 93.4 Å². The summed E-state index contributed by atoms with van der Waals surface area (Å²) in [6.45, 7) is 2.99. The molecule has 0 spiro atoms. The van der Waals surface area contributed by atoms with Gasteiger partial charge in [0.15, 0.2) is 9.84 Å². The summed E-state index contributed by atoms with van der Waals surface area (Å²) in [4.78, 5) is 9.87. The molecule has 0 radical (unpaired) electrons. The number of hydrogen-bond donors (Lipinski definition) is 2. The number of hydrogen-bond acceptors (Lipinski definition) is 6. The Hall–Kier alpha value is -2.45. The molecule has 8 heteroatoms. The van der Waals surface area contributed by atoms with E-state index in [-0.39, 0.29) is 17.4 Å². The van der Waals surface area contributed by atoms with Crippen LogP contribution < -0.4 is 5.32 Å². The van der Waals surface area contributed by atoms with E-state index in [1.165, 1.54) is 0 Å². The van der Waals surface area contributed by atoms with Crippen molar-refractivity contribution in [3.8, 4) is 11.1 Å². The van der Waals surface area contributed by atoms with E-state index in [0.29, 0.717) is 10.8 Å². The Bertz CT molecular complexity index is 1260. The van der Waals surface area contributed by atoms with E-state index in [1.54, 1.807) is 12.1 Å². The SMILES string of the molecule is CCCCNc1ncc2c(-c3ccc(S(=O)(=O)C4CCCC4)cc3)cn(C3CCC(O)CC3)c2n1. The van der Waals surface area contributed by atoms with E-state index in [2.05, 4.69) is 28.0 Å². The molecule has 0 unspecified atom stereocenters. The van der Waals surface area contributed by atoms with Gasteiger partial charge in [-0.3, -0.25) is 0 Å². The van der Waals surface area contributed by atoms with Crippen LogP contribution in [0.5, 0.6) is 0 Å². The second kappa shape index (κ2) is 10.3. The molecule has 2 N–H and O–H groups in total. The number of benzene rings is 1. The van der Waals surface area contributed by atoms with Crippen molar-refractivity contribution in [1.29, 1.82) is 0 Å². The van der Waals surface area contributed by atoms with Gasteiger partial charge >= 0.3 is 0 Å². The first kappa shape index (κ1) is 24.3. The molecule has 188 valence electrons. The van der Waals surface area contributed by atoms with Gasteiger partial charge in [0.1, 0.15) is 5.65 Å². The first-order chi connectivity index (χ1) is 17.0. The minimum absolute atomic E-state index is 0.220. The average molecular weight is 497 g/mol.